The van der Waals surface area contributed by atoms with Gasteiger partial charge in [-0.15, -0.1) is 0 Å². The topological polar surface area (TPSA) is 90.5 Å². The summed E-state index contributed by atoms with van der Waals surface area (Å²) in [6.45, 7) is 1.60. The van der Waals surface area contributed by atoms with E-state index in [4.69, 9.17) is 0 Å². The van der Waals surface area contributed by atoms with Crippen LogP contribution in [0.3, 0.4) is 0 Å². The normalized spacial score (nSPS) is 22.6. The lowest BCUT2D eigenvalue weighted by molar-refractivity contribution is -0.136. The molecule has 1 heterocycles. The quantitative estimate of drug-likeness (QED) is 0.661. The van der Waals surface area contributed by atoms with E-state index in [0.717, 1.165) is 23.4 Å². The molecule has 0 radical (unpaired) electrons. The van der Waals surface area contributed by atoms with E-state index in [1.54, 1.807) is 6.92 Å². The third-order valence-corrected chi connectivity index (χ3v) is 6.55. The van der Waals surface area contributed by atoms with Gasteiger partial charge in [0.25, 0.3) is 5.91 Å². The fraction of sp³-hybridized carbons (Fsp3) is 0.591. The molecule has 29 heavy (non-hydrogen) atoms. The molecule has 0 bridgehead atoms. The lowest BCUT2D eigenvalue weighted by Gasteiger charge is -2.24. The highest BCUT2D eigenvalue weighted by atomic mass is 16.2. The van der Waals surface area contributed by atoms with E-state index in [0.29, 0.717) is 24.6 Å². The summed E-state index contributed by atoms with van der Waals surface area (Å²) in [6.07, 6.45) is 9.40. The molecule has 3 aliphatic rings. The second kappa shape index (κ2) is 8.05. The molecule has 0 aromatic heterocycles. The van der Waals surface area contributed by atoms with Crippen molar-refractivity contribution < 1.29 is 14.4 Å². The molecule has 1 unspecified atom stereocenters. The van der Waals surface area contributed by atoms with Crippen molar-refractivity contribution in [2.75, 3.05) is 10.6 Å². The van der Waals surface area contributed by atoms with Crippen LogP contribution in [0.2, 0.25) is 0 Å². The second-order valence-corrected chi connectivity index (χ2v) is 8.62. The maximum absolute atomic E-state index is 12.8. The van der Waals surface area contributed by atoms with Gasteiger partial charge < -0.3 is 16.0 Å². The Kier molecular flexibility index (Phi) is 5.48. The van der Waals surface area contributed by atoms with Gasteiger partial charge in [0, 0.05) is 17.4 Å². The summed E-state index contributed by atoms with van der Waals surface area (Å²) in [5.41, 5.74) is 0.900. The van der Waals surface area contributed by atoms with Crippen LogP contribution < -0.4 is 16.0 Å². The molecule has 4 amide bonds. The number of nitrogens with one attached hydrogen (secondary N) is 3. The third-order valence-electron chi connectivity index (χ3n) is 6.55. The Labute approximate surface area is 171 Å². The average molecular weight is 399 g/mol. The average Bonchev–Trinajstić information content (AvgIpc) is 3.28. The number of amides is 4. The van der Waals surface area contributed by atoms with E-state index >= 15 is 0 Å². The second-order valence-electron chi connectivity index (χ2n) is 8.62. The van der Waals surface area contributed by atoms with Gasteiger partial charge in [-0.25, -0.2) is 9.69 Å². The van der Waals surface area contributed by atoms with Gasteiger partial charge in [0.15, 0.2) is 0 Å². The standard InChI is InChI=1S/C22H30N4O3/c1-15(26-20(28)22(25-21(26)29)13-5-6-14-22)19(27)24-18-11-9-17(10-12-18)23-16-7-3-2-4-8-16/h9-12,15-16,23H,2-8,13-14H2,1H3,(H,24,27)(H,25,29). The molecular formula is C22H30N4O3. The van der Waals surface area contributed by atoms with Crippen molar-refractivity contribution in [2.24, 2.45) is 0 Å². The number of rotatable bonds is 5. The Morgan fingerprint density at radius 1 is 1.03 bits per heavy atom. The van der Waals surface area contributed by atoms with Crippen LogP contribution in [0.5, 0.6) is 0 Å². The first-order valence-electron chi connectivity index (χ1n) is 10.8. The molecule has 1 aliphatic heterocycles. The summed E-state index contributed by atoms with van der Waals surface area (Å²) in [4.78, 5) is 39.0. The first-order valence-corrected chi connectivity index (χ1v) is 10.8. The van der Waals surface area contributed by atoms with Crippen LogP contribution in [0.1, 0.15) is 64.7 Å². The molecule has 1 atom stereocenters. The van der Waals surface area contributed by atoms with E-state index in [2.05, 4.69) is 16.0 Å². The van der Waals surface area contributed by atoms with Gasteiger partial charge in [0.2, 0.25) is 5.91 Å². The van der Waals surface area contributed by atoms with E-state index < -0.39 is 17.6 Å². The van der Waals surface area contributed by atoms with Crippen LogP contribution in [0.15, 0.2) is 24.3 Å². The highest BCUT2D eigenvalue weighted by Gasteiger charge is 2.54. The highest BCUT2D eigenvalue weighted by molar-refractivity contribution is 6.11. The van der Waals surface area contributed by atoms with E-state index in [-0.39, 0.29) is 11.8 Å². The number of urea groups is 1. The lowest BCUT2D eigenvalue weighted by Crippen LogP contribution is -2.48. The SMILES string of the molecule is CC(C(=O)Nc1ccc(NC2CCCCC2)cc1)N1C(=O)NC2(CCCC2)C1=O. The Bertz CT molecular complexity index is 780. The monoisotopic (exact) mass is 398 g/mol. The summed E-state index contributed by atoms with van der Waals surface area (Å²) in [7, 11) is 0. The molecule has 1 spiro atoms. The minimum absolute atomic E-state index is 0.269. The minimum Gasteiger partial charge on any atom is -0.382 e. The van der Waals surface area contributed by atoms with Crippen molar-refractivity contribution in [3.05, 3.63) is 24.3 Å². The van der Waals surface area contributed by atoms with Gasteiger partial charge in [-0.2, -0.15) is 0 Å². The third kappa shape index (κ3) is 3.95. The van der Waals surface area contributed by atoms with E-state index in [9.17, 15) is 14.4 Å². The van der Waals surface area contributed by atoms with Crippen molar-refractivity contribution >= 4 is 29.2 Å². The maximum Gasteiger partial charge on any atom is 0.325 e. The van der Waals surface area contributed by atoms with Crippen LogP contribution in [0.4, 0.5) is 16.2 Å². The zero-order valence-corrected chi connectivity index (χ0v) is 17.0. The maximum atomic E-state index is 12.8. The van der Waals surface area contributed by atoms with Crippen molar-refractivity contribution in [1.29, 1.82) is 0 Å². The summed E-state index contributed by atoms with van der Waals surface area (Å²) < 4.78 is 0. The van der Waals surface area contributed by atoms with E-state index in [1.165, 1.54) is 32.1 Å². The minimum atomic E-state index is -0.859. The zero-order chi connectivity index (χ0) is 20.4. The van der Waals surface area contributed by atoms with Crippen LogP contribution >= 0.6 is 0 Å². The van der Waals surface area contributed by atoms with Gasteiger partial charge in [-0.05, 0) is 56.9 Å². The van der Waals surface area contributed by atoms with Crippen molar-refractivity contribution in [1.82, 2.24) is 10.2 Å². The fourth-order valence-electron chi connectivity index (χ4n) is 4.81. The number of benzene rings is 1. The largest absolute Gasteiger partial charge is 0.382 e. The Balaban J connectivity index is 1.36. The number of carbonyl (C=O) groups is 3. The Morgan fingerprint density at radius 2 is 1.66 bits per heavy atom. The molecule has 156 valence electrons. The predicted octanol–water partition coefficient (Wildman–Crippen LogP) is 3.62. The molecule has 7 heteroatoms. The fourth-order valence-corrected chi connectivity index (χ4v) is 4.81. The van der Waals surface area contributed by atoms with Crippen molar-refractivity contribution in [2.45, 2.75) is 82.3 Å². The molecular weight excluding hydrogens is 368 g/mol. The van der Waals surface area contributed by atoms with Gasteiger partial charge in [-0.1, -0.05) is 32.1 Å². The van der Waals surface area contributed by atoms with Gasteiger partial charge in [0.1, 0.15) is 11.6 Å². The number of hydrogen-bond donors (Lipinski definition) is 3. The molecule has 7 nitrogen and oxygen atoms in total. The lowest BCUT2D eigenvalue weighted by atomic mass is 9.95. The molecule has 1 aromatic carbocycles. The molecule has 3 fully saturated rings. The molecule has 2 aliphatic carbocycles. The van der Waals surface area contributed by atoms with Crippen LogP contribution in [0.25, 0.3) is 0 Å². The molecule has 1 saturated heterocycles. The molecule has 3 N–H and O–H groups in total. The molecule has 2 saturated carbocycles. The van der Waals surface area contributed by atoms with Crippen LogP contribution in [-0.4, -0.2) is 40.4 Å². The first kappa shape index (κ1) is 19.7. The highest BCUT2D eigenvalue weighted by Crippen LogP contribution is 2.35. The van der Waals surface area contributed by atoms with Gasteiger partial charge >= 0.3 is 6.03 Å². The van der Waals surface area contributed by atoms with Gasteiger partial charge in [-0.3, -0.25) is 9.59 Å². The van der Waals surface area contributed by atoms with Crippen LogP contribution in [0, 0.1) is 0 Å². The predicted molar refractivity (Wildman–Crippen MR) is 112 cm³/mol. The smallest absolute Gasteiger partial charge is 0.325 e. The van der Waals surface area contributed by atoms with Gasteiger partial charge in [0.05, 0.1) is 0 Å². The van der Waals surface area contributed by atoms with Crippen molar-refractivity contribution in [3.8, 4) is 0 Å². The number of carbonyl (C=O) groups excluding carboxylic acids is 3. The number of hydrogen-bond acceptors (Lipinski definition) is 4. The zero-order valence-electron chi connectivity index (χ0n) is 17.0. The van der Waals surface area contributed by atoms with Crippen LogP contribution in [-0.2, 0) is 9.59 Å². The summed E-state index contributed by atoms with van der Waals surface area (Å²) in [5.74, 6) is -0.633. The summed E-state index contributed by atoms with van der Waals surface area (Å²) in [5, 5.41) is 9.20. The number of nitrogens with zero attached hydrogens (tertiary/aromatic N) is 1. The van der Waals surface area contributed by atoms with Crippen molar-refractivity contribution in [3.63, 3.8) is 0 Å². The Hall–Kier alpha value is -2.57. The molecule has 4 rings (SSSR count). The first-order chi connectivity index (χ1) is 14.0. The number of anilines is 2. The Morgan fingerprint density at radius 3 is 2.31 bits per heavy atom. The number of imide groups is 1. The summed E-state index contributed by atoms with van der Waals surface area (Å²) in [6, 6.07) is 6.80. The molecule has 1 aromatic rings. The van der Waals surface area contributed by atoms with E-state index in [1.807, 2.05) is 24.3 Å². The summed E-state index contributed by atoms with van der Waals surface area (Å²) >= 11 is 0.